The Morgan fingerprint density at radius 2 is 2.35 bits per heavy atom. The van der Waals surface area contributed by atoms with E-state index in [4.69, 9.17) is 4.74 Å². The molecule has 2 aliphatic heterocycles. The number of ether oxygens (including phenoxy) is 1. The summed E-state index contributed by atoms with van der Waals surface area (Å²) in [4.78, 5) is 13.0. The molecule has 0 unspecified atom stereocenters. The highest BCUT2D eigenvalue weighted by Crippen LogP contribution is 2.39. The number of nitrogens with zero attached hydrogens (tertiary/aromatic N) is 1. The molecule has 5 nitrogen and oxygen atoms in total. The highest BCUT2D eigenvalue weighted by molar-refractivity contribution is 6.01. The summed E-state index contributed by atoms with van der Waals surface area (Å²) in [6.07, 6.45) is 5.23. The molecule has 0 amide bonds. The molecule has 0 saturated heterocycles. The number of anilines is 2. The first-order chi connectivity index (χ1) is 8.27. The standard InChI is InChI=1S/C12H10N2O3/c15-12(16)8-3-1-4-9-11(8)14-5-2-6-17-7-10(14)13-9/h1-5,7,13H,6H2,(H,15,16). The normalized spacial score (nSPS) is 16.2. The summed E-state index contributed by atoms with van der Waals surface area (Å²) in [7, 11) is 0. The molecule has 2 aliphatic rings. The van der Waals surface area contributed by atoms with Crippen molar-refractivity contribution in [3.05, 3.63) is 48.1 Å². The van der Waals surface area contributed by atoms with E-state index in [9.17, 15) is 9.90 Å². The van der Waals surface area contributed by atoms with Gasteiger partial charge < -0.3 is 15.2 Å². The molecule has 0 aromatic heterocycles. The third-order valence-electron chi connectivity index (χ3n) is 2.67. The molecule has 0 spiro atoms. The summed E-state index contributed by atoms with van der Waals surface area (Å²) >= 11 is 0. The van der Waals surface area contributed by atoms with Crippen LogP contribution in [0.15, 0.2) is 42.6 Å². The van der Waals surface area contributed by atoms with Crippen LogP contribution in [0.25, 0.3) is 0 Å². The van der Waals surface area contributed by atoms with Gasteiger partial charge in [0.05, 0.1) is 16.9 Å². The lowest BCUT2D eigenvalue weighted by Gasteiger charge is -2.14. The van der Waals surface area contributed by atoms with Crippen LogP contribution < -0.4 is 10.2 Å². The minimum absolute atomic E-state index is 0.268. The smallest absolute Gasteiger partial charge is 0.337 e. The van der Waals surface area contributed by atoms with Crippen molar-refractivity contribution in [3.8, 4) is 0 Å². The number of rotatable bonds is 1. The average Bonchev–Trinajstić information content (AvgIpc) is 2.52. The van der Waals surface area contributed by atoms with E-state index in [-0.39, 0.29) is 5.56 Å². The molecule has 86 valence electrons. The molecular weight excluding hydrogens is 220 g/mol. The van der Waals surface area contributed by atoms with E-state index in [1.54, 1.807) is 23.3 Å². The number of aromatic carboxylic acids is 1. The van der Waals surface area contributed by atoms with Gasteiger partial charge in [0, 0.05) is 6.20 Å². The lowest BCUT2D eigenvalue weighted by Crippen LogP contribution is -2.14. The first-order valence-electron chi connectivity index (χ1n) is 5.18. The van der Waals surface area contributed by atoms with E-state index < -0.39 is 5.97 Å². The van der Waals surface area contributed by atoms with E-state index in [0.717, 1.165) is 11.5 Å². The van der Waals surface area contributed by atoms with Crippen molar-refractivity contribution < 1.29 is 14.6 Å². The second-order valence-electron chi connectivity index (χ2n) is 3.72. The number of carboxylic acid groups (broad SMARTS) is 1. The van der Waals surface area contributed by atoms with Crippen molar-refractivity contribution in [1.82, 2.24) is 0 Å². The largest absolute Gasteiger partial charge is 0.493 e. The highest BCUT2D eigenvalue weighted by atomic mass is 16.5. The maximum Gasteiger partial charge on any atom is 0.337 e. The van der Waals surface area contributed by atoms with Crippen LogP contribution in [0.4, 0.5) is 11.4 Å². The molecule has 2 heterocycles. The van der Waals surface area contributed by atoms with Crippen LogP contribution in [-0.2, 0) is 4.74 Å². The number of fused-ring (bicyclic) bond motifs is 3. The van der Waals surface area contributed by atoms with Gasteiger partial charge in [-0.2, -0.15) is 0 Å². The van der Waals surface area contributed by atoms with Crippen molar-refractivity contribution in [3.63, 3.8) is 0 Å². The third kappa shape index (κ3) is 1.44. The molecular formula is C12H10N2O3. The lowest BCUT2D eigenvalue weighted by atomic mass is 10.1. The van der Waals surface area contributed by atoms with Gasteiger partial charge in [0.25, 0.3) is 0 Å². The average molecular weight is 230 g/mol. The minimum Gasteiger partial charge on any atom is -0.493 e. The van der Waals surface area contributed by atoms with Gasteiger partial charge in [-0.05, 0) is 18.2 Å². The number of benzene rings is 1. The maximum absolute atomic E-state index is 11.2. The topological polar surface area (TPSA) is 61.8 Å². The second kappa shape index (κ2) is 3.55. The molecule has 1 aromatic carbocycles. The number of hydrogen-bond donors (Lipinski definition) is 2. The van der Waals surface area contributed by atoms with Gasteiger partial charge in [0.1, 0.15) is 12.9 Å². The highest BCUT2D eigenvalue weighted by Gasteiger charge is 2.28. The monoisotopic (exact) mass is 230 g/mol. The fourth-order valence-corrected chi connectivity index (χ4v) is 1.97. The predicted molar refractivity (Wildman–Crippen MR) is 62.7 cm³/mol. The van der Waals surface area contributed by atoms with Crippen molar-refractivity contribution in [2.75, 3.05) is 16.8 Å². The summed E-state index contributed by atoms with van der Waals surface area (Å²) in [5.74, 6) is -0.217. The number of hydrogen-bond acceptors (Lipinski definition) is 4. The van der Waals surface area contributed by atoms with Gasteiger partial charge in [-0.3, -0.25) is 4.90 Å². The van der Waals surface area contributed by atoms with E-state index in [0.29, 0.717) is 12.3 Å². The Balaban J connectivity index is 2.19. The van der Waals surface area contributed by atoms with E-state index in [1.165, 1.54) is 0 Å². The Hall–Kier alpha value is -2.43. The SMILES string of the molecule is O=C(O)c1cccc2c1N1C=CCOC=C1N2. The molecule has 1 aromatic rings. The zero-order valence-corrected chi connectivity index (χ0v) is 8.88. The van der Waals surface area contributed by atoms with Crippen LogP contribution in [0.1, 0.15) is 10.4 Å². The molecule has 0 saturated carbocycles. The summed E-state index contributed by atoms with van der Waals surface area (Å²) in [5.41, 5.74) is 1.68. The summed E-state index contributed by atoms with van der Waals surface area (Å²) in [6, 6.07) is 5.14. The zero-order valence-electron chi connectivity index (χ0n) is 8.88. The molecule has 0 atom stereocenters. The summed E-state index contributed by atoms with van der Waals surface area (Å²) < 4.78 is 5.24. The van der Waals surface area contributed by atoms with Crippen LogP contribution in [0.5, 0.6) is 0 Å². The van der Waals surface area contributed by atoms with Crippen LogP contribution in [0, 0.1) is 0 Å². The molecule has 0 aliphatic carbocycles. The van der Waals surface area contributed by atoms with Crippen molar-refractivity contribution >= 4 is 17.3 Å². The number of nitrogens with one attached hydrogen (secondary N) is 1. The molecule has 3 rings (SSSR count). The van der Waals surface area contributed by atoms with Gasteiger partial charge in [-0.25, -0.2) is 4.79 Å². The number of carbonyl (C=O) groups is 1. The van der Waals surface area contributed by atoms with Crippen molar-refractivity contribution in [2.45, 2.75) is 0 Å². The Kier molecular flexibility index (Phi) is 2.04. The first-order valence-corrected chi connectivity index (χ1v) is 5.18. The van der Waals surface area contributed by atoms with Crippen molar-refractivity contribution in [1.29, 1.82) is 0 Å². The second-order valence-corrected chi connectivity index (χ2v) is 3.72. The molecule has 2 N–H and O–H groups in total. The van der Waals surface area contributed by atoms with Crippen LogP contribution in [0.2, 0.25) is 0 Å². The number of para-hydroxylation sites is 1. The first kappa shape index (κ1) is 9.77. The van der Waals surface area contributed by atoms with Crippen molar-refractivity contribution in [2.24, 2.45) is 0 Å². The Labute approximate surface area is 97.6 Å². The third-order valence-corrected chi connectivity index (χ3v) is 2.67. The molecule has 5 heteroatoms. The fourth-order valence-electron chi connectivity index (χ4n) is 1.97. The molecule has 0 bridgehead atoms. The fraction of sp³-hybridized carbons (Fsp3) is 0.0833. The van der Waals surface area contributed by atoms with E-state index in [1.807, 2.05) is 18.3 Å². The Morgan fingerprint density at radius 3 is 3.18 bits per heavy atom. The molecule has 17 heavy (non-hydrogen) atoms. The van der Waals surface area contributed by atoms with Gasteiger partial charge in [-0.15, -0.1) is 0 Å². The van der Waals surface area contributed by atoms with Gasteiger partial charge >= 0.3 is 5.97 Å². The minimum atomic E-state index is -0.941. The summed E-state index contributed by atoms with van der Waals surface area (Å²) in [6.45, 7) is 0.478. The Morgan fingerprint density at radius 1 is 1.47 bits per heavy atom. The predicted octanol–water partition coefficient (Wildman–Crippen LogP) is 1.96. The van der Waals surface area contributed by atoms with E-state index in [2.05, 4.69) is 5.32 Å². The van der Waals surface area contributed by atoms with Crippen LogP contribution in [-0.4, -0.2) is 17.7 Å². The molecule has 0 fully saturated rings. The summed E-state index contributed by atoms with van der Waals surface area (Å²) in [5, 5.41) is 12.3. The van der Waals surface area contributed by atoms with Gasteiger partial charge in [0.15, 0.2) is 5.82 Å². The van der Waals surface area contributed by atoms with Gasteiger partial charge in [0.2, 0.25) is 0 Å². The van der Waals surface area contributed by atoms with E-state index >= 15 is 0 Å². The maximum atomic E-state index is 11.2. The van der Waals surface area contributed by atoms with Crippen LogP contribution in [0.3, 0.4) is 0 Å². The van der Waals surface area contributed by atoms with Gasteiger partial charge in [-0.1, -0.05) is 6.07 Å². The van der Waals surface area contributed by atoms with Crippen LogP contribution >= 0.6 is 0 Å². The quantitative estimate of drug-likeness (QED) is 0.772. The number of carboxylic acids is 1. The lowest BCUT2D eigenvalue weighted by molar-refractivity contribution is 0.0698. The zero-order chi connectivity index (χ0) is 11.8. The molecule has 0 radical (unpaired) electrons. The Bertz CT molecular complexity index is 549.